The number of carbonyl (C=O) groups is 2. The van der Waals surface area contributed by atoms with Gasteiger partial charge in [0.25, 0.3) is 5.78 Å². The van der Waals surface area contributed by atoms with E-state index in [0.717, 1.165) is 12.3 Å². The van der Waals surface area contributed by atoms with E-state index in [4.69, 9.17) is 5.11 Å². The summed E-state index contributed by atoms with van der Waals surface area (Å²) in [5.74, 6) is -2.73. The molecular formula is C10H10O5S. The van der Waals surface area contributed by atoms with Crippen LogP contribution < -0.4 is 0 Å². The van der Waals surface area contributed by atoms with Crippen molar-refractivity contribution < 1.29 is 23.1 Å². The number of Topliss-reactive ketones (excluding diaryl/α,β-unsaturated/α-hetero) is 1. The van der Waals surface area contributed by atoms with Crippen LogP contribution in [0.3, 0.4) is 0 Å². The summed E-state index contributed by atoms with van der Waals surface area (Å²) in [7, 11) is -3.46. The summed E-state index contributed by atoms with van der Waals surface area (Å²) < 4.78 is 22.7. The second kappa shape index (κ2) is 4.05. The Labute approximate surface area is 92.6 Å². The van der Waals surface area contributed by atoms with Gasteiger partial charge in [0.1, 0.15) is 0 Å². The first kappa shape index (κ1) is 12.4. The number of carboxylic acid groups (broad SMARTS) is 1. The van der Waals surface area contributed by atoms with Crippen molar-refractivity contribution in [3.63, 3.8) is 0 Å². The average molecular weight is 242 g/mol. The Morgan fingerprint density at radius 1 is 1.25 bits per heavy atom. The average Bonchev–Trinajstić information content (AvgIpc) is 2.15. The van der Waals surface area contributed by atoms with Gasteiger partial charge in [0, 0.05) is 11.8 Å². The molecule has 0 saturated heterocycles. The van der Waals surface area contributed by atoms with Gasteiger partial charge in [0.15, 0.2) is 9.84 Å². The van der Waals surface area contributed by atoms with Gasteiger partial charge in [-0.15, -0.1) is 0 Å². The van der Waals surface area contributed by atoms with Crippen LogP contribution in [0, 0.1) is 6.92 Å². The lowest BCUT2D eigenvalue weighted by atomic mass is 10.1. The molecule has 1 aromatic carbocycles. The van der Waals surface area contributed by atoms with Crippen LogP contribution in [0.5, 0.6) is 0 Å². The maximum absolute atomic E-state index is 11.3. The maximum Gasteiger partial charge on any atom is 0.377 e. The molecule has 0 aliphatic rings. The van der Waals surface area contributed by atoms with Crippen molar-refractivity contribution >= 4 is 21.6 Å². The Balaban J connectivity index is 3.40. The van der Waals surface area contributed by atoms with E-state index in [9.17, 15) is 18.0 Å². The number of aryl methyl sites for hydroxylation is 1. The SMILES string of the molecule is Cc1ccc(C(=O)C(=O)O)cc1S(C)(=O)=O. The van der Waals surface area contributed by atoms with Crippen LogP contribution in [-0.4, -0.2) is 31.5 Å². The molecule has 0 amide bonds. The number of carbonyl (C=O) groups excluding carboxylic acids is 1. The Kier molecular flexibility index (Phi) is 3.14. The summed E-state index contributed by atoms with van der Waals surface area (Å²) >= 11 is 0. The topological polar surface area (TPSA) is 88.5 Å². The molecule has 6 heteroatoms. The fourth-order valence-corrected chi connectivity index (χ4v) is 2.26. The van der Waals surface area contributed by atoms with Crippen LogP contribution in [0.15, 0.2) is 23.1 Å². The molecule has 1 N–H and O–H groups in total. The van der Waals surface area contributed by atoms with Crippen LogP contribution in [-0.2, 0) is 14.6 Å². The first-order valence-electron chi connectivity index (χ1n) is 4.32. The minimum Gasteiger partial charge on any atom is -0.475 e. The lowest BCUT2D eigenvalue weighted by molar-refractivity contribution is -0.131. The number of ketones is 1. The van der Waals surface area contributed by atoms with Crippen molar-refractivity contribution in [3.05, 3.63) is 29.3 Å². The van der Waals surface area contributed by atoms with Crippen molar-refractivity contribution in [2.45, 2.75) is 11.8 Å². The van der Waals surface area contributed by atoms with E-state index >= 15 is 0 Å². The van der Waals surface area contributed by atoms with E-state index in [1.54, 1.807) is 6.92 Å². The minimum atomic E-state index is -3.46. The molecule has 0 heterocycles. The van der Waals surface area contributed by atoms with Crippen LogP contribution in [0.4, 0.5) is 0 Å². The zero-order valence-electron chi connectivity index (χ0n) is 8.72. The van der Waals surface area contributed by atoms with E-state index in [1.807, 2.05) is 0 Å². The fourth-order valence-electron chi connectivity index (χ4n) is 1.26. The Hall–Kier alpha value is -1.69. The molecule has 1 rings (SSSR count). The van der Waals surface area contributed by atoms with Gasteiger partial charge in [-0.05, 0) is 18.6 Å². The predicted molar refractivity (Wildman–Crippen MR) is 56.3 cm³/mol. The Bertz CT molecular complexity index is 557. The van der Waals surface area contributed by atoms with Gasteiger partial charge in [0.05, 0.1) is 4.90 Å². The van der Waals surface area contributed by atoms with Gasteiger partial charge in [-0.3, -0.25) is 4.79 Å². The quantitative estimate of drug-likeness (QED) is 0.621. The molecule has 0 bridgehead atoms. The van der Waals surface area contributed by atoms with Crippen LogP contribution >= 0.6 is 0 Å². The number of hydrogen-bond donors (Lipinski definition) is 1. The highest BCUT2D eigenvalue weighted by Gasteiger charge is 2.18. The van der Waals surface area contributed by atoms with Gasteiger partial charge in [-0.2, -0.15) is 0 Å². The number of carboxylic acids is 1. The standard InChI is InChI=1S/C10H10O5S/c1-6-3-4-7(9(11)10(12)13)5-8(6)16(2,14)15/h3-5H,1-2H3,(H,12,13). The first-order chi connectivity index (χ1) is 7.23. The van der Waals surface area contributed by atoms with E-state index in [0.29, 0.717) is 5.56 Å². The summed E-state index contributed by atoms with van der Waals surface area (Å²) in [6, 6.07) is 3.79. The molecule has 16 heavy (non-hydrogen) atoms. The summed E-state index contributed by atoms with van der Waals surface area (Å²) in [6.07, 6.45) is 1.00. The molecule has 0 aromatic heterocycles. The molecule has 0 aliphatic carbocycles. The van der Waals surface area contributed by atoms with E-state index in [1.165, 1.54) is 12.1 Å². The maximum atomic E-state index is 11.3. The van der Waals surface area contributed by atoms with Gasteiger partial charge >= 0.3 is 5.97 Å². The van der Waals surface area contributed by atoms with Crippen LogP contribution in [0.25, 0.3) is 0 Å². The second-order valence-corrected chi connectivity index (χ2v) is 5.37. The third-order valence-electron chi connectivity index (χ3n) is 2.04. The highest BCUT2D eigenvalue weighted by molar-refractivity contribution is 7.90. The molecular weight excluding hydrogens is 232 g/mol. The first-order valence-corrected chi connectivity index (χ1v) is 6.21. The number of hydrogen-bond acceptors (Lipinski definition) is 4. The van der Waals surface area contributed by atoms with Crippen molar-refractivity contribution in [1.82, 2.24) is 0 Å². The Morgan fingerprint density at radius 3 is 2.25 bits per heavy atom. The van der Waals surface area contributed by atoms with Gasteiger partial charge in [-0.1, -0.05) is 12.1 Å². The fraction of sp³-hybridized carbons (Fsp3) is 0.200. The summed E-state index contributed by atoms with van der Waals surface area (Å²) in [4.78, 5) is 21.6. The predicted octanol–water partition coefficient (Wildman–Crippen LogP) is 0.666. The molecule has 0 aliphatic heterocycles. The normalized spacial score (nSPS) is 11.1. The lowest BCUT2D eigenvalue weighted by Crippen LogP contribution is -2.13. The molecule has 0 unspecified atom stereocenters. The van der Waals surface area contributed by atoms with Crippen molar-refractivity contribution in [1.29, 1.82) is 0 Å². The zero-order chi connectivity index (χ0) is 12.5. The largest absolute Gasteiger partial charge is 0.475 e. The zero-order valence-corrected chi connectivity index (χ0v) is 9.54. The molecule has 0 atom stereocenters. The number of rotatable bonds is 3. The third-order valence-corrected chi connectivity index (χ3v) is 3.28. The number of aliphatic carboxylic acids is 1. The number of sulfone groups is 1. The number of benzene rings is 1. The molecule has 0 spiro atoms. The second-order valence-electron chi connectivity index (χ2n) is 3.39. The minimum absolute atomic E-state index is 0.0281. The van der Waals surface area contributed by atoms with Crippen molar-refractivity contribution in [3.8, 4) is 0 Å². The van der Waals surface area contributed by atoms with Crippen LogP contribution in [0.1, 0.15) is 15.9 Å². The van der Waals surface area contributed by atoms with Crippen molar-refractivity contribution in [2.75, 3.05) is 6.26 Å². The van der Waals surface area contributed by atoms with E-state index < -0.39 is 21.6 Å². The molecule has 5 nitrogen and oxygen atoms in total. The Morgan fingerprint density at radius 2 is 1.81 bits per heavy atom. The van der Waals surface area contributed by atoms with Gasteiger partial charge in [-0.25, -0.2) is 13.2 Å². The molecule has 0 radical (unpaired) electrons. The molecule has 0 saturated carbocycles. The van der Waals surface area contributed by atoms with E-state index in [-0.39, 0.29) is 10.5 Å². The summed E-state index contributed by atoms with van der Waals surface area (Å²) in [6.45, 7) is 1.57. The van der Waals surface area contributed by atoms with Crippen molar-refractivity contribution in [2.24, 2.45) is 0 Å². The monoisotopic (exact) mass is 242 g/mol. The molecule has 0 fully saturated rings. The smallest absolute Gasteiger partial charge is 0.377 e. The molecule has 86 valence electrons. The third kappa shape index (κ3) is 2.46. The van der Waals surface area contributed by atoms with Gasteiger partial charge in [0.2, 0.25) is 0 Å². The highest BCUT2D eigenvalue weighted by Crippen LogP contribution is 2.17. The van der Waals surface area contributed by atoms with Crippen LogP contribution in [0.2, 0.25) is 0 Å². The van der Waals surface area contributed by atoms with E-state index in [2.05, 4.69) is 0 Å². The van der Waals surface area contributed by atoms with Gasteiger partial charge < -0.3 is 5.11 Å². The lowest BCUT2D eigenvalue weighted by Gasteiger charge is -2.04. The highest BCUT2D eigenvalue weighted by atomic mass is 32.2. The summed E-state index contributed by atoms with van der Waals surface area (Å²) in [5.41, 5.74) is 0.336. The molecule has 1 aromatic rings. The summed E-state index contributed by atoms with van der Waals surface area (Å²) in [5, 5.41) is 8.50.